The summed E-state index contributed by atoms with van der Waals surface area (Å²) in [4.78, 5) is 16.0. The molecule has 0 saturated heterocycles. The summed E-state index contributed by atoms with van der Waals surface area (Å²) >= 11 is 1.58. The van der Waals surface area contributed by atoms with Gasteiger partial charge in [-0.05, 0) is 24.3 Å². The molecular weight excluding hydrogens is 248 g/mol. The number of aromatic nitrogens is 1. The van der Waals surface area contributed by atoms with Crippen molar-refractivity contribution in [2.75, 3.05) is 6.54 Å². The van der Waals surface area contributed by atoms with E-state index in [2.05, 4.69) is 10.3 Å². The van der Waals surface area contributed by atoms with Crippen LogP contribution in [0.5, 0.6) is 5.75 Å². The predicted octanol–water partition coefficient (Wildman–Crippen LogP) is 2.38. The number of phenols is 1. The van der Waals surface area contributed by atoms with Gasteiger partial charge in [-0.25, -0.2) is 4.98 Å². The minimum Gasteiger partial charge on any atom is -0.508 e. The average Bonchev–Trinajstić information content (AvgIpc) is 2.90. The van der Waals surface area contributed by atoms with Gasteiger partial charge in [-0.15, -0.1) is 11.3 Å². The molecule has 2 N–H and O–H groups in total. The highest BCUT2D eigenvalue weighted by Gasteiger charge is 2.11. The van der Waals surface area contributed by atoms with E-state index in [4.69, 9.17) is 5.11 Å². The molecule has 2 rings (SSSR count). The minimum atomic E-state index is -0.140. The number of thiazole rings is 1. The minimum absolute atomic E-state index is 0.140. The van der Waals surface area contributed by atoms with E-state index in [1.54, 1.807) is 29.7 Å². The van der Waals surface area contributed by atoms with Gasteiger partial charge in [-0.2, -0.15) is 0 Å². The van der Waals surface area contributed by atoms with Crippen molar-refractivity contribution in [2.45, 2.75) is 12.8 Å². The van der Waals surface area contributed by atoms with Crippen LogP contribution in [0.1, 0.15) is 28.2 Å². The molecule has 2 aromatic rings. The Bertz CT molecular complexity index is 508. The second kappa shape index (κ2) is 5.64. The van der Waals surface area contributed by atoms with Gasteiger partial charge in [0.15, 0.2) is 0 Å². The zero-order valence-electron chi connectivity index (χ0n) is 9.96. The standard InChI is InChI=1S/C13H14N2O2S/c1-9(13-14-6-7-18-13)8-15-12(17)10-2-4-11(16)5-3-10/h2-7,9,16H,8H2,1H3,(H,15,17). The molecule has 1 unspecified atom stereocenters. The van der Waals surface area contributed by atoms with Gasteiger partial charge in [0.05, 0.1) is 5.01 Å². The van der Waals surface area contributed by atoms with Crippen molar-refractivity contribution in [1.82, 2.24) is 10.3 Å². The highest BCUT2D eigenvalue weighted by Crippen LogP contribution is 2.16. The van der Waals surface area contributed by atoms with Crippen LogP contribution in [0.2, 0.25) is 0 Å². The number of amides is 1. The molecule has 1 aromatic heterocycles. The number of rotatable bonds is 4. The maximum atomic E-state index is 11.8. The van der Waals surface area contributed by atoms with Crippen molar-refractivity contribution in [3.05, 3.63) is 46.4 Å². The molecule has 0 saturated carbocycles. The zero-order valence-corrected chi connectivity index (χ0v) is 10.8. The summed E-state index contributed by atoms with van der Waals surface area (Å²) in [5, 5.41) is 14.9. The van der Waals surface area contributed by atoms with Crippen molar-refractivity contribution in [2.24, 2.45) is 0 Å². The number of phenolic OH excluding ortho intramolecular Hbond substituents is 1. The molecular formula is C13H14N2O2S. The van der Waals surface area contributed by atoms with E-state index in [-0.39, 0.29) is 17.6 Å². The summed E-state index contributed by atoms with van der Waals surface area (Å²) in [6, 6.07) is 6.19. The normalized spacial score (nSPS) is 12.1. The van der Waals surface area contributed by atoms with Crippen LogP contribution in [0, 0.1) is 0 Å². The van der Waals surface area contributed by atoms with Gasteiger partial charge in [0, 0.05) is 29.6 Å². The Labute approximate surface area is 109 Å². The smallest absolute Gasteiger partial charge is 0.251 e. The molecule has 0 fully saturated rings. The number of benzene rings is 1. The van der Waals surface area contributed by atoms with Crippen LogP contribution in [-0.2, 0) is 0 Å². The second-order valence-electron chi connectivity index (χ2n) is 4.03. The first-order valence-electron chi connectivity index (χ1n) is 5.63. The molecule has 4 nitrogen and oxygen atoms in total. The number of aromatic hydroxyl groups is 1. The zero-order chi connectivity index (χ0) is 13.0. The van der Waals surface area contributed by atoms with Gasteiger partial charge < -0.3 is 10.4 Å². The third kappa shape index (κ3) is 3.07. The van der Waals surface area contributed by atoms with Gasteiger partial charge in [-0.1, -0.05) is 6.92 Å². The molecule has 18 heavy (non-hydrogen) atoms. The van der Waals surface area contributed by atoms with Crippen LogP contribution < -0.4 is 5.32 Å². The third-order valence-corrected chi connectivity index (χ3v) is 3.58. The van der Waals surface area contributed by atoms with Gasteiger partial charge in [0.25, 0.3) is 5.91 Å². The molecule has 0 aliphatic heterocycles. The lowest BCUT2D eigenvalue weighted by molar-refractivity contribution is 0.0951. The second-order valence-corrected chi connectivity index (χ2v) is 4.95. The molecule has 0 bridgehead atoms. The van der Waals surface area contributed by atoms with Crippen LogP contribution in [0.3, 0.4) is 0 Å². The van der Waals surface area contributed by atoms with E-state index in [0.29, 0.717) is 12.1 Å². The maximum absolute atomic E-state index is 11.8. The van der Waals surface area contributed by atoms with Crippen LogP contribution in [0.15, 0.2) is 35.8 Å². The summed E-state index contributed by atoms with van der Waals surface area (Å²) in [5.41, 5.74) is 0.541. The molecule has 94 valence electrons. The topological polar surface area (TPSA) is 62.2 Å². The first kappa shape index (κ1) is 12.6. The third-order valence-electron chi connectivity index (χ3n) is 2.57. The molecule has 1 aromatic carbocycles. The van der Waals surface area contributed by atoms with Crippen molar-refractivity contribution in [3.63, 3.8) is 0 Å². The number of nitrogens with one attached hydrogen (secondary N) is 1. The van der Waals surface area contributed by atoms with E-state index in [0.717, 1.165) is 5.01 Å². The average molecular weight is 262 g/mol. The van der Waals surface area contributed by atoms with E-state index < -0.39 is 0 Å². The molecule has 0 spiro atoms. The lowest BCUT2D eigenvalue weighted by Crippen LogP contribution is -2.27. The van der Waals surface area contributed by atoms with Gasteiger partial charge in [0.1, 0.15) is 5.75 Å². The predicted molar refractivity (Wildman–Crippen MR) is 71.0 cm³/mol. The first-order chi connectivity index (χ1) is 8.66. The molecule has 1 heterocycles. The van der Waals surface area contributed by atoms with Crippen LogP contribution in [0.25, 0.3) is 0 Å². The Kier molecular flexibility index (Phi) is 3.94. The monoisotopic (exact) mass is 262 g/mol. The van der Waals surface area contributed by atoms with E-state index >= 15 is 0 Å². The summed E-state index contributed by atoms with van der Waals surface area (Å²) in [6.45, 7) is 2.57. The van der Waals surface area contributed by atoms with Crippen LogP contribution >= 0.6 is 11.3 Å². The lowest BCUT2D eigenvalue weighted by atomic mass is 10.1. The van der Waals surface area contributed by atoms with E-state index in [1.807, 2.05) is 12.3 Å². The Morgan fingerprint density at radius 1 is 1.44 bits per heavy atom. The quantitative estimate of drug-likeness (QED) is 0.889. The SMILES string of the molecule is CC(CNC(=O)c1ccc(O)cc1)c1nccs1. The van der Waals surface area contributed by atoms with Crippen molar-refractivity contribution in [1.29, 1.82) is 0 Å². The van der Waals surface area contributed by atoms with Crippen LogP contribution in [0.4, 0.5) is 0 Å². The lowest BCUT2D eigenvalue weighted by Gasteiger charge is -2.10. The fraction of sp³-hybridized carbons (Fsp3) is 0.231. The van der Waals surface area contributed by atoms with Gasteiger partial charge in [0.2, 0.25) is 0 Å². The van der Waals surface area contributed by atoms with Crippen molar-refractivity contribution >= 4 is 17.2 Å². The van der Waals surface area contributed by atoms with E-state index in [9.17, 15) is 4.79 Å². The number of hydrogen-bond acceptors (Lipinski definition) is 4. The molecule has 1 atom stereocenters. The molecule has 5 heteroatoms. The van der Waals surface area contributed by atoms with E-state index in [1.165, 1.54) is 12.1 Å². The largest absolute Gasteiger partial charge is 0.508 e. The number of nitrogens with zero attached hydrogens (tertiary/aromatic N) is 1. The van der Waals surface area contributed by atoms with Crippen LogP contribution in [-0.4, -0.2) is 22.5 Å². The highest BCUT2D eigenvalue weighted by molar-refractivity contribution is 7.09. The number of carbonyl (C=O) groups excluding carboxylic acids is 1. The van der Waals surface area contributed by atoms with Crippen molar-refractivity contribution < 1.29 is 9.90 Å². The fourth-order valence-electron chi connectivity index (χ4n) is 1.53. The molecule has 1 amide bonds. The summed E-state index contributed by atoms with van der Waals surface area (Å²) in [7, 11) is 0. The molecule has 0 aliphatic carbocycles. The molecule has 0 radical (unpaired) electrons. The highest BCUT2D eigenvalue weighted by atomic mass is 32.1. The summed E-state index contributed by atoms with van der Waals surface area (Å²) in [6.07, 6.45) is 1.76. The Morgan fingerprint density at radius 2 is 2.17 bits per heavy atom. The Morgan fingerprint density at radius 3 is 2.78 bits per heavy atom. The maximum Gasteiger partial charge on any atom is 0.251 e. The van der Waals surface area contributed by atoms with Gasteiger partial charge in [-0.3, -0.25) is 4.79 Å². The number of hydrogen-bond donors (Lipinski definition) is 2. The first-order valence-corrected chi connectivity index (χ1v) is 6.51. The summed E-state index contributed by atoms with van der Waals surface area (Å²) in [5.74, 6) is 0.215. The molecule has 0 aliphatic rings. The summed E-state index contributed by atoms with van der Waals surface area (Å²) < 4.78 is 0. The van der Waals surface area contributed by atoms with Crippen molar-refractivity contribution in [3.8, 4) is 5.75 Å². The number of carbonyl (C=O) groups is 1. The Hall–Kier alpha value is -1.88. The fourth-order valence-corrected chi connectivity index (χ4v) is 2.22. The van der Waals surface area contributed by atoms with Gasteiger partial charge >= 0.3 is 0 Å². The Balaban J connectivity index is 1.90.